The summed E-state index contributed by atoms with van der Waals surface area (Å²) in [6, 6.07) is 5.25. The van der Waals surface area contributed by atoms with Gasteiger partial charge >= 0.3 is 6.18 Å². The van der Waals surface area contributed by atoms with Crippen molar-refractivity contribution in [3.63, 3.8) is 0 Å². The van der Waals surface area contributed by atoms with Crippen molar-refractivity contribution in [2.45, 2.75) is 13.1 Å². The fourth-order valence-corrected chi connectivity index (χ4v) is 3.85. The number of ketones is 1. The molecule has 0 atom stereocenters. The van der Waals surface area contributed by atoms with Gasteiger partial charge in [0.15, 0.2) is 0 Å². The number of aryl methyl sites for hydroxylation is 1. The summed E-state index contributed by atoms with van der Waals surface area (Å²) in [5.41, 5.74) is -1.28. The van der Waals surface area contributed by atoms with E-state index in [2.05, 4.69) is 31.9 Å². The van der Waals surface area contributed by atoms with E-state index in [0.717, 1.165) is 10.9 Å². The van der Waals surface area contributed by atoms with Gasteiger partial charge in [-0.2, -0.15) is 13.2 Å². The Labute approximate surface area is 134 Å². The Hall–Kier alpha value is -0.660. The third-order valence-corrected chi connectivity index (χ3v) is 4.98. The van der Waals surface area contributed by atoms with E-state index in [-0.39, 0.29) is 14.9 Å². The van der Waals surface area contributed by atoms with Crippen LogP contribution in [-0.2, 0) is 6.18 Å². The third kappa shape index (κ3) is 3.15. The fraction of sp³-hybridized carbons (Fsp3) is 0.154. The molecule has 7 heteroatoms. The Morgan fingerprint density at radius 3 is 2.35 bits per heavy atom. The van der Waals surface area contributed by atoms with Crippen LogP contribution in [0.1, 0.15) is 25.7 Å². The molecule has 0 saturated carbocycles. The standard InChI is InChI=1S/C13H7Br2F3OS/c1-6-4-10(15)12(20-6)11(19)8-3-2-7(14)5-9(8)13(16,17)18/h2-5H,1H3. The maximum Gasteiger partial charge on any atom is 0.417 e. The van der Waals surface area contributed by atoms with E-state index in [9.17, 15) is 18.0 Å². The van der Waals surface area contributed by atoms with E-state index in [1.165, 1.54) is 23.5 Å². The summed E-state index contributed by atoms with van der Waals surface area (Å²) in [5, 5.41) is 0. The van der Waals surface area contributed by atoms with Crippen molar-refractivity contribution in [2.24, 2.45) is 0 Å². The largest absolute Gasteiger partial charge is 0.417 e. The highest BCUT2D eigenvalue weighted by Crippen LogP contribution is 2.37. The Bertz CT molecular complexity index is 677. The third-order valence-electron chi connectivity index (χ3n) is 2.55. The van der Waals surface area contributed by atoms with Gasteiger partial charge in [0.25, 0.3) is 0 Å². The summed E-state index contributed by atoms with van der Waals surface area (Å²) in [6.07, 6.45) is -4.58. The predicted octanol–water partition coefficient (Wildman–Crippen LogP) is 5.83. The number of carbonyl (C=O) groups excluding carboxylic acids is 1. The van der Waals surface area contributed by atoms with Crippen molar-refractivity contribution in [3.8, 4) is 0 Å². The minimum Gasteiger partial charge on any atom is -0.288 e. The summed E-state index contributed by atoms with van der Waals surface area (Å²) < 4.78 is 39.9. The molecule has 0 aliphatic rings. The molecule has 106 valence electrons. The van der Waals surface area contributed by atoms with Crippen LogP contribution in [-0.4, -0.2) is 5.78 Å². The highest BCUT2D eigenvalue weighted by atomic mass is 79.9. The van der Waals surface area contributed by atoms with Crippen molar-refractivity contribution in [1.29, 1.82) is 0 Å². The number of benzene rings is 1. The van der Waals surface area contributed by atoms with Gasteiger partial charge in [-0.25, -0.2) is 0 Å². The number of hydrogen-bond donors (Lipinski definition) is 0. The molecule has 0 amide bonds. The SMILES string of the molecule is Cc1cc(Br)c(C(=O)c2ccc(Br)cc2C(F)(F)F)s1. The molecule has 0 saturated heterocycles. The molecule has 1 aromatic heterocycles. The van der Waals surface area contributed by atoms with Crippen LogP contribution in [0.25, 0.3) is 0 Å². The van der Waals surface area contributed by atoms with E-state index >= 15 is 0 Å². The Kier molecular flexibility index (Phi) is 4.41. The Morgan fingerprint density at radius 2 is 1.85 bits per heavy atom. The summed E-state index contributed by atoms with van der Waals surface area (Å²) in [6.45, 7) is 1.79. The lowest BCUT2D eigenvalue weighted by atomic mass is 10.0. The molecule has 0 spiro atoms. The molecule has 20 heavy (non-hydrogen) atoms. The number of carbonyl (C=O) groups is 1. The molecule has 0 bridgehead atoms. The number of thiophene rings is 1. The van der Waals surface area contributed by atoms with Gasteiger partial charge in [0, 0.05) is 19.4 Å². The van der Waals surface area contributed by atoms with Crippen LogP contribution >= 0.6 is 43.2 Å². The van der Waals surface area contributed by atoms with Crippen LogP contribution in [0, 0.1) is 6.92 Å². The maximum absolute atomic E-state index is 13.0. The number of alkyl halides is 3. The van der Waals surface area contributed by atoms with Gasteiger partial charge in [-0.3, -0.25) is 4.79 Å². The normalized spacial score (nSPS) is 11.7. The van der Waals surface area contributed by atoms with E-state index in [0.29, 0.717) is 4.47 Å². The number of halogens is 5. The zero-order valence-corrected chi connectivity index (χ0v) is 14.0. The average Bonchev–Trinajstić information content (AvgIpc) is 2.66. The molecule has 1 heterocycles. The lowest BCUT2D eigenvalue weighted by Gasteiger charge is -2.12. The van der Waals surface area contributed by atoms with Crippen molar-refractivity contribution in [3.05, 3.63) is 54.1 Å². The molecular weight excluding hydrogens is 421 g/mol. The van der Waals surface area contributed by atoms with Gasteiger partial charge in [-0.15, -0.1) is 11.3 Å². The molecule has 0 unspecified atom stereocenters. The van der Waals surface area contributed by atoms with Gasteiger partial charge in [-0.05, 0) is 47.1 Å². The molecule has 0 aliphatic heterocycles. The molecule has 1 nitrogen and oxygen atoms in total. The van der Waals surface area contributed by atoms with Crippen LogP contribution in [0.3, 0.4) is 0 Å². The zero-order valence-electron chi connectivity index (χ0n) is 10.0. The van der Waals surface area contributed by atoms with Crippen molar-refractivity contribution < 1.29 is 18.0 Å². The first-order valence-corrected chi connectivity index (χ1v) is 7.78. The second-order valence-electron chi connectivity index (χ2n) is 4.05. The second-order valence-corrected chi connectivity index (χ2v) is 7.08. The molecule has 0 radical (unpaired) electrons. The highest BCUT2D eigenvalue weighted by Gasteiger charge is 2.36. The van der Waals surface area contributed by atoms with E-state index in [1.807, 2.05) is 0 Å². The van der Waals surface area contributed by atoms with Crippen LogP contribution < -0.4 is 0 Å². The van der Waals surface area contributed by atoms with Crippen molar-refractivity contribution in [1.82, 2.24) is 0 Å². The first kappa shape index (κ1) is 15.7. The summed E-state index contributed by atoms with van der Waals surface area (Å²) >= 11 is 7.36. The Morgan fingerprint density at radius 1 is 1.20 bits per heavy atom. The maximum atomic E-state index is 13.0. The molecule has 0 aliphatic carbocycles. The second kappa shape index (κ2) is 5.61. The van der Waals surface area contributed by atoms with Crippen LogP contribution in [0.4, 0.5) is 13.2 Å². The lowest BCUT2D eigenvalue weighted by molar-refractivity contribution is -0.137. The molecule has 2 aromatic rings. The van der Waals surface area contributed by atoms with Crippen molar-refractivity contribution in [2.75, 3.05) is 0 Å². The highest BCUT2D eigenvalue weighted by molar-refractivity contribution is 9.10. The van der Waals surface area contributed by atoms with Gasteiger partial charge in [0.1, 0.15) is 0 Å². The van der Waals surface area contributed by atoms with Gasteiger partial charge < -0.3 is 0 Å². The monoisotopic (exact) mass is 426 g/mol. The van der Waals surface area contributed by atoms with Crippen LogP contribution in [0.15, 0.2) is 33.2 Å². The lowest BCUT2D eigenvalue weighted by Crippen LogP contribution is -2.13. The van der Waals surface area contributed by atoms with E-state index in [4.69, 9.17) is 0 Å². The minimum absolute atomic E-state index is 0.273. The fourth-order valence-electron chi connectivity index (χ4n) is 1.71. The minimum atomic E-state index is -4.58. The summed E-state index contributed by atoms with van der Waals surface area (Å²) in [4.78, 5) is 13.5. The van der Waals surface area contributed by atoms with Crippen LogP contribution in [0.5, 0.6) is 0 Å². The van der Waals surface area contributed by atoms with Gasteiger partial charge in [0.2, 0.25) is 5.78 Å². The van der Waals surface area contributed by atoms with E-state index in [1.54, 1.807) is 13.0 Å². The molecule has 2 rings (SSSR count). The molecule has 0 fully saturated rings. The zero-order chi connectivity index (χ0) is 15.1. The van der Waals surface area contributed by atoms with Gasteiger partial charge in [0.05, 0.1) is 10.4 Å². The smallest absolute Gasteiger partial charge is 0.288 e. The molecule has 1 aromatic carbocycles. The number of rotatable bonds is 2. The van der Waals surface area contributed by atoms with Gasteiger partial charge in [-0.1, -0.05) is 15.9 Å². The predicted molar refractivity (Wildman–Crippen MR) is 79.3 cm³/mol. The first-order valence-electron chi connectivity index (χ1n) is 5.37. The topological polar surface area (TPSA) is 17.1 Å². The summed E-state index contributed by atoms with van der Waals surface area (Å²) in [7, 11) is 0. The quantitative estimate of drug-likeness (QED) is 0.551. The molecular formula is C13H7Br2F3OS. The molecule has 0 N–H and O–H groups in total. The van der Waals surface area contributed by atoms with Crippen molar-refractivity contribution >= 4 is 49.0 Å². The number of hydrogen-bond acceptors (Lipinski definition) is 2. The Balaban J connectivity index is 2.58. The summed E-state index contributed by atoms with van der Waals surface area (Å²) in [5.74, 6) is -0.630. The first-order chi connectivity index (χ1) is 9.20. The van der Waals surface area contributed by atoms with Crippen LogP contribution in [0.2, 0.25) is 0 Å². The average molecular weight is 428 g/mol. The van der Waals surface area contributed by atoms with E-state index < -0.39 is 17.5 Å².